The summed E-state index contributed by atoms with van der Waals surface area (Å²) < 4.78 is 24.4. The minimum absolute atomic E-state index is 0.126. The Hall–Kier alpha value is -2.50. The molecule has 0 radical (unpaired) electrons. The molecule has 4 rings (SSSR count). The molecule has 1 aliphatic rings. The van der Waals surface area contributed by atoms with Crippen LogP contribution in [-0.2, 0) is 38.8 Å². The normalized spacial score (nSPS) is 21.0. The Morgan fingerprint density at radius 2 is 1.13 bits per heavy atom. The standard InChI is InChI=1S/C26H28O4/c1-4-10-21(11-5-1)16-27-19-24-26(30-18-23-14-8-3-9-15-23)25(20-29-24)28-17-22-12-6-2-7-13-22/h1-15,24-26H,16-20H2. The summed E-state index contributed by atoms with van der Waals surface area (Å²) in [6.07, 6.45) is -0.456. The Labute approximate surface area is 178 Å². The van der Waals surface area contributed by atoms with Gasteiger partial charge >= 0.3 is 0 Å². The van der Waals surface area contributed by atoms with Gasteiger partial charge in [-0.25, -0.2) is 0 Å². The van der Waals surface area contributed by atoms with Crippen LogP contribution in [0, 0.1) is 0 Å². The average Bonchev–Trinajstić information content (AvgIpc) is 3.20. The third-order valence-electron chi connectivity index (χ3n) is 5.19. The number of hydrogen-bond donors (Lipinski definition) is 0. The van der Waals surface area contributed by atoms with Crippen LogP contribution in [0.25, 0.3) is 0 Å². The van der Waals surface area contributed by atoms with Crippen LogP contribution in [0.3, 0.4) is 0 Å². The molecule has 4 heteroatoms. The molecule has 4 nitrogen and oxygen atoms in total. The van der Waals surface area contributed by atoms with E-state index in [9.17, 15) is 0 Å². The van der Waals surface area contributed by atoms with Crippen molar-refractivity contribution in [3.8, 4) is 0 Å². The first-order chi connectivity index (χ1) is 14.9. The second-order valence-corrected chi connectivity index (χ2v) is 7.47. The molecule has 3 unspecified atom stereocenters. The summed E-state index contributed by atoms with van der Waals surface area (Å²) in [7, 11) is 0. The topological polar surface area (TPSA) is 36.9 Å². The molecule has 0 spiro atoms. The summed E-state index contributed by atoms with van der Waals surface area (Å²) in [6.45, 7) is 2.60. The molecule has 1 heterocycles. The molecule has 3 atom stereocenters. The molecule has 3 aromatic carbocycles. The maximum atomic E-state index is 6.28. The minimum Gasteiger partial charge on any atom is -0.374 e. The molecular weight excluding hydrogens is 376 g/mol. The van der Waals surface area contributed by atoms with E-state index in [1.54, 1.807) is 0 Å². The molecule has 0 aliphatic carbocycles. The van der Waals surface area contributed by atoms with Crippen LogP contribution >= 0.6 is 0 Å². The first-order valence-electron chi connectivity index (χ1n) is 10.4. The lowest BCUT2D eigenvalue weighted by molar-refractivity contribution is -0.0895. The second kappa shape index (κ2) is 11.0. The molecule has 156 valence electrons. The van der Waals surface area contributed by atoms with Crippen LogP contribution in [0.15, 0.2) is 91.0 Å². The average molecular weight is 405 g/mol. The zero-order valence-electron chi connectivity index (χ0n) is 17.1. The molecule has 3 aromatic rings. The van der Waals surface area contributed by atoms with Crippen molar-refractivity contribution in [2.75, 3.05) is 13.2 Å². The number of benzene rings is 3. The number of hydrogen-bond acceptors (Lipinski definition) is 4. The Kier molecular flexibility index (Phi) is 7.64. The number of ether oxygens (including phenoxy) is 4. The lowest BCUT2D eigenvalue weighted by Gasteiger charge is -2.24. The maximum absolute atomic E-state index is 6.28. The van der Waals surface area contributed by atoms with E-state index < -0.39 is 0 Å². The second-order valence-electron chi connectivity index (χ2n) is 7.47. The van der Waals surface area contributed by atoms with Gasteiger partial charge in [0.25, 0.3) is 0 Å². The highest BCUT2D eigenvalue weighted by Gasteiger charge is 2.39. The largest absolute Gasteiger partial charge is 0.374 e. The highest BCUT2D eigenvalue weighted by molar-refractivity contribution is 5.15. The van der Waals surface area contributed by atoms with Crippen molar-refractivity contribution in [2.24, 2.45) is 0 Å². The van der Waals surface area contributed by atoms with E-state index in [4.69, 9.17) is 18.9 Å². The summed E-state index contributed by atoms with van der Waals surface area (Å²) in [4.78, 5) is 0. The monoisotopic (exact) mass is 404 g/mol. The van der Waals surface area contributed by atoms with Gasteiger partial charge in [0.15, 0.2) is 0 Å². The van der Waals surface area contributed by atoms with Gasteiger partial charge in [-0.1, -0.05) is 91.0 Å². The van der Waals surface area contributed by atoms with Gasteiger partial charge < -0.3 is 18.9 Å². The van der Waals surface area contributed by atoms with E-state index >= 15 is 0 Å². The van der Waals surface area contributed by atoms with Crippen molar-refractivity contribution in [1.82, 2.24) is 0 Å². The predicted octanol–water partition coefficient (Wildman–Crippen LogP) is 4.77. The van der Waals surface area contributed by atoms with Crippen molar-refractivity contribution in [2.45, 2.75) is 38.1 Å². The zero-order chi connectivity index (χ0) is 20.4. The van der Waals surface area contributed by atoms with E-state index in [2.05, 4.69) is 36.4 Å². The fourth-order valence-electron chi connectivity index (χ4n) is 3.56. The molecule has 30 heavy (non-hydrogen) atoms. The lowest BCUT2D eigenvalue weighted by atomic mass is 10.1. The van der Waals surface area contributed by atoms with Crippen LogP contribution in [0.5, 0.6) is 0 Å². The first-order valence-corrected chi connectivity index (χ1v) is 10.4. The van der Waals surface area contributed by atoms with Crippen LogP contribution in [0.4, 0.5) is 0 Å². The van der Waals surface area contributed by atoms with Crippen molar-refractivity contribution in [3.63, 3.8) is 0 Å². The van der Waals surface area contributed by atoms with Gasteiger partial charge in [0.1, 0.15) is 18.3 Å². The van der Waals surface area contributed by atoms with E-state index in [0.717, 1.165) is 16.7 Å². The van der Waals surface area contributed by atoms with Crippen LogP contribution in [0.1, 0.15) is 16.7 Å². The smallest absolute Gasteiger partial charge is 0.115 e. The first kappa shape index (κ1) is 20.8. The molecular formula is C26H28O4. The molecule has 0 saturated carbocycles. The van der Waals surface area contributed by atoms with Crippen LogP contribution in [-0.4, -0.2) is 31.5 Å². The van der Waals surface area contributed by atoms with Gasteiger partial charge in [-0.3, -0.25) is 0 Å². The van der Waals surface area contributed by atoms with Gasteiger partial charge in [-0.15, -0.1) is 0 Å². The Balaban J connectivity index is 1.35. The third kappa shape index (κ3) is 6.00. The summed E-state index contributed by atoms with van der Waals surface area (Å²) in [5, 5.41) is 0. The van der Waals surface area contributed by atoms with Gasteiger partial charge in [-0.2, -0.15) is 0 Å². The van der Waals surface area contributed by atoms with Crippen LogP contribution < -0.4 is 0 Å². The Bertz CT molecular complexity index is 854. The Morgan fingerprint density at radius 3 is 1.70 bits per heavy atom. The maximum Gasteiger partial charge on any atom is 0.115 e. The molecule has 1 aliphatic heterocycles. The highest BCUT2D eigenvalue weighted by Crippen LogP contribution is 2.24. The molecule has 0 N–H and O–H groups in total. The summed E-state index contributed by atoms with van der Waals surface area (Å²) in [5.41, 5.74) is 3.42. The Morgan fingerprint density at radius 1 is 0.633 bits per heavy atom. The van der Waals surface area contributed by atoms with Crippen molar-refractivity contribution in [3.05, 3.63) is 108 Å². The van der Waals surface area contributed by atoms with Crippen molar-refractivity contribution in [1.29, 1.82) is 0 Å². The fraction of sp³-hybridized carbons (Fsp3) is 0.308. The summed E-state index contributed by atoms with van der Waals surface area (Å²) >= 11 is 0. The summed E-state index contributed by atoms with van der Waals surface area (Å²) in [6, 6.07) is 30.5. The fourth-order valence-corrected chi connectivity index (χ4v) is 3.56. The van der Waals surface area contributed by atoms with Gasteiger partial charge in [0, 0.05) is 0 Å². The highest BCUT2D eigenvalue weighted by atomic mass is 16.6. The predicted molar refractivity (Wildman–Crippen MR) is 116 cm³/mol. The number of rotatable bonds is 10. The van der Waals surface area contributed by atoms with E-state index in [-0.39, 0.29) is 18.3 Å². The molecule has 1 saturated heterocycles. The zero-order valence-corrected chi connectivity index (χ0v) is 17.1. The van der Waals surface area contributed by atoms with Crippen molar-refractivity contribution >= 4 is 0 Å². The van der Waals surface area contributed by atoms with Crippen LogP contribution in [0.2, 0.25) is 0 Å². The molecule has 0 bridgehead atoms. The van der Waals surface area contributed by atoms with E-state index in [1.807, 2.05) is 54.6 Å². The SMILES string of the molecule is c1ccc(COCC2OCC(OCc3ccccc3)C2OCc2ccccc2)cc1. The van der Waals surface area contributed by atoms with Gasteiger partial charge in [-0.05, 0) is 16.7 Å². The summed E-state index contributed by atoms with van der Waals surface area (Å²) in [5.74, 6) is 0. The molecule has 0 aromatic heterocycles. The molecule has 0 amide bonds. The minimum atomic E-state index is -0.176. The van der Waals surface area contributed by atoms with E-state index in [0.29, 0.717) is 33.0 Å². The molecule has 1 fully saturated rings. The quantitative estimate of drug-likeness (QED) is 0.488. The third-order valence-corrected chi connectivity index (χ3v) is 5.19. The van der Waals surface area contributed by atoms with Gasteiger partial charge in [0.2, 0.25) is 0 Å². The van der Waals surface area contributed by atoms with Gasteiger partial charge in [0.05, 0.1) is 33.0 Å². The lowest BCUT2D eigenvalue weighted by Crippen LogP contribution is -2.37. The van der Waals surface area contributed by atoms with Crippen molar-refractivity contribution < 1.29 is 18.9 Å². The van der Waals surface area contributed by atoms with E-state index in [1.165, 1.54) is 0 Å².